The van der Waals surface area contributed by atoms with Gasteiger partial charge in [-0.1, -0.05) is 42.5 Å². The van der Waals surface area contributed by atoms with Gasteiger partial charge < -0.3 is 19.5 Å². The molecule has 0 radical (unpaired) electrons. The van der Waals surface area contributed by atoms with Crippen LogP contribution in [0.15, 0.2) is 82.0 Å². The van der Waals surface area contributed by atoms with E-state index in [-0.39, 0.29) is 12.7 Å². The molecule has 0 aromatic heterocycles. The molecule has 1 heterocycles. The monoisotopic (exact) mass is 509 g/mol. The van der Waals surface area contributed by atoms with Crippen LogP contribution >= 0.6 is 11.8 Å². The Labute approximate surface area is 218 Å². The predicted octanol–water partition coefficient (Wildman–Crippen LogP) is 5.92. The van der Waals surface area contributed by atoms with Crippen LogP contribution < -0.4 is 5.32 Å². The summed E-state index contributed by atoms with van der Waals surface area (Å²) in [6, 6.07) is 18.0. The molecule has 1 aliphatic heterocycles. The van der Waals surface area contributed by atoms with E-state index in [0.717, 1.165) is 21.7 Å². The van der Waals surface area contributed by atoms with Gasteiger partial charge in [0.2, 0.25) is 0 Å². The van der Waals surface area contributed by atoms with Crippen LogP contribution in [0.25, 0.3) is 0 Å². The predicted molar refractivity (Wildman–Crippen MR) is 143 cm³/mol. The van der Waals surface area contributed by atoms with Gasteiger partial charge in [0, 0.05) is 22.9 Å². The number of methoxy groups -OCH3 is 1. The number of ether oxygens (including phenoxy) is 3. The maximum Gasteiger partial charge on any atom is 0.336 e. The molecule has 3 rings (SSSR count). The van der Waals surface area contributed by atoms with Crippen molar-refractivity contribution in [2.45, 2.75) is 50.5 Å². The van der Waals surface area contributed by atoms with E-state index in [0.29, 0.717) is 36.3 Å². The summed E-state index contributed by atoms with van der Waals surface area (Å²) in [5.41, 5.74) is 4.17. The zero-order valence-electron chi connectivity index (χ0n) is 21.6. The molecule has 2 aromatic carbocycles. The second-order valence-corrected chi connectivity index (χ2v) is 9.25. The minimum absolute atomic E-state index is 0.126. The fraction of sp³-hybridized carbons (Fsp3) is 0.379. The fourth-order valence-electron chi connectivity index (χ4n) is 4.57. The molecule has 2 unspecified atom stereocenters. The van der Waals surface area contributed by atoms with Gasteiger partial charge in [-0.25, -0.2) is 9.59 Å². The topological polar surface area (TPSA) is 73.9 Å². The second-order valence-electron chi connectivity index (χ2n) is 8.37. The Morgan fingerprint density at radius 3 is 2.39 bits per heavy atom. The quantitative estimate of drug-likeness (QED) is 0.298. The summed E-state index contributed by atoms with van der Waals surface area (Å²) in [6.45, 7) is 6.40. The summed E-state index contributed by atoms with van der Waals surface area (Å²) in [4.78, 5) is 27.4. The average molecular weight is 510 g/mol. The number of hydrogen-bond donors (Lipinski definition) is 1. The van der Waals surface area contributed by atoms with Crippen LogP contribution in [0.4, 0.5) is 0 Å². The van der Waals surface area contributed by atoms with Gasteiger partial charge >= 0.3 is 11.9 Å². The maximum absolute atomic E-state index is 13.4. The standard InChI is InChI=1S/C29H35NO5S/c1-6-34-24(20-12-9-8-10-13-20)17-16-23-27(29(32)35-7-2)26(21-14-11-15-22(18-21)36-5)25(19(3)30-23)28(31)33-4/h8-15,18,24,26,30H,6-7,16-17H2,1-5H3. The summed E-state index contributed by atoms with van der Waals surface area (Å²) in [6.07, 6.45) is 3.06. The lowest BCUT2D eigenvalue weighted by Gasteiger charge is -2.32. The number of benzene rings is 2. The molecule has 0 fully saturated rings. The van der Waals surface area contributed by atoms with Crippen molar-refractivity contribution in [3.05, 3.63) is 88.3 Å². The van der Waals surface area contributed by atoms with Crippen LogP contribution in [0.2, 0.25) is 0 Å². The Morgan fingerprint density at radius 2 is 1.75 bits per heavy atom. The van der Waals surface area contributed by atoms with E-state index < -0.39 is 17.9 Å². The van der Waals surface area contributed by atoms with Crippen molar-refractivity contribution in [3.63, 3.8) is 0 Å². The molecule has 0 amide bonds. The second kappa shape index (κ2) is 13.3. The molecule has 0 spiro atoms. The minimum atomic E-state index is -0.609. The highest BCUT2D eigenvalue weighted by Gasteiger charge is 2.38. The number of thioether (sulfide) groups is 1. The van der Waals surface area contributed by atoms with E-state index >= 15 is 0 Å². The normalized spacial score (nSPS) is 16.4. The van der Waals surface area contributed by atoms with Crippen molar-refractivity contribution in [1.29, 1.82) is 0 Å². The average Bonchev–Trinajstić information content (AvgIpc) is 2.90. The van der Waals surface area contributed by atoms with E-state index in [9.17, 15) is 9.59 Å². The molecule has 0 bridgehead atoms. The third kappa shape index (κ3) is 6.39. The number of esters is 2. The van der Waals surface area contributed by atoms with Gasteiger partial charge in [-0.05, 0) is 63.1 Å². The summed E-state index contributed by atoms with van der Waals surface area (Å²) in [5.74, 6) is -1.53. The van der Waals surface area contributed by atoms with Crippen molar-refractivity contribution in [1.82, 2.24) is 5.32 Å². The van der Waals surface area contributed by atoms with Crippen LogP contribution in [0.5, 0.6) is 0 Å². The lowest BCUT2D eigenvalue weighted by atomic mass is 9.79. The highest BCUT2D eigenvalue weighted by atomic mass is 32.2. The number of hydrogen-bond acceptors (Lipinski definition) is 7. The van der Waals surface area contributed by atoms with Gasteiger partial charge in [0.25, 0.3) is 0 Å². The third-order valence-electron chi connectivity index (χ3n) is 6.17. The Balaban J connectivity index is 2.10. The first-order valence-corrected chi connectivity index (χ1v) is 13.4. The van der Waals surface area contributed by atoms with Crippen molar-refractivity contribution < 1.29 is 23.8 Å². The molecule has 192 valence electrons. The summed E-state index contributed by atoms with van der Waals surface area (Å²) in [7, 11) is 1.35. The number of rotatable bonds is 11. The van der Waals surface area contributed by atoms with Gasteiger partial charge in [0.15, 0.2) is 0 Å². The van der Waals surface area contributed by atoms with Crippen LogP contribution in [-0.4, -0.2) is 38.5 Å². The highest BCUT2D eigenvalue weighted by molar-refractivity contribution is 7.98. The molecule has 36 heavy (non-hydrogen) atoms. The third-order valence-corrected chi connectivity index (χ3v) is 6.89. The molecular formula is C29H35NO5S. The van der Waals surface area contributed by atoms with Gasteiger partial charge in [0.05, 0.1) is 36.9 Å². The maximum atomic E-state index is 13.4. The number of nitrogens with one attached hydrogen (secondary N) is 1. The van der Waals surface area contributed by atoms with E-state index in [1.165, 1.54) is 7.11 Å². The van der Waals surface area contributed by atoms with Crippen LogP contribution in [0, 0.1) is 0 Å². The first-order valence-electron chi connectivity index (χ1n) is 12.2. The largest absolute Gasteiger partial charge is 0.466 e. The molecule has 2 atom stereocenters. The van der Waals surface area contributed by atoms with Gasteiger partial charge in [-0.3, -0.25) is 0 Å². The zero-order chi connectivity index (χ0) is 26.1. The number of dihydropyridines is 1. The summed E-state index contributed by atoms with van der Waals surface area (Å²) in [5, 5.41) is 3.35. The SMILES string of the molecule is CCOC(=O)C1=C(CCC(OCC)c2ccccc2)NC(C)=C(C(=O)OC)C1c1cccc(SC)c1. The minimum Gasteiger partial charge on any atom is -0.466 e. The first kappa shape index (κ1) is 27.6. The zero-order valence-corrected chi connectivity index (χ0v) is 22.4. The van der Waals surface area contributed by atoms with Gasteiger partial charge in [0.1, 0.15) is 0 Å². The van der Waals surface area contributed by atoms with E-state index in [4.69, 9.17) is 14.2 Å². The molecule has 0 saturated heterocycles. The molecule has 0 saturated carbocycles. The van der Waals surface area contributed by atoms with E-state index in [1.807, 2.05) is 74.7 Å². The van der Waals surface area contributed by atoms with Gasteiger partial charge in [-0.2, -0.15) is 0 Å². The van der Waals surface area contributed by atoms with Crippen LogP contribution in [-0.2, 0) is 23.8 Å². The Kier molecular flexibility index (Phi) is 10.2. The van der Waals surface area contributed by atoms with Crippen molar-refractivity contribution >= 4 is 23.7 Å². The highest BCUT2D eigenvalue weighted by Crippen LogP contribution is 2.41. The van der Waals surface area contributed by atoms with Crippen LogP contribution in [0.3, 0.4) is 0 Å². The molecule has 2 aromatic rings. The smallest absolute Gasteiger partial charge is 0.336 e. The van der Waals surface area contributed by atoms with Crippen molar-refractivity contribution in [2.24, 2.45) is 0 Å². The summed E-state index contributed by atoms with van der Waals surface area (Å²) < 4.78 is 16.7. The van der Waals surface area contributed by atoms with Gasteiger partial charge in [-0.15, -0.1) is 11.8 Å². The Hall–Kier alpha value is -3.03. The molecule has 6 nitrogen and oxygen atoms in total. The Morgan fingerprint density at radius 1 is 1.00 bits per heavy atom. The lowest BCUT2D eigenvalue weighted by molar-refractivity contribution is -0.139. The molecule has 1 aliphatic rings. The molecule has 0 aliphatic carbocycles. The number of allylic oxidation sites excluding steroid dienone is 2. The number of carbonyl (C=O) groups is 2. The van der Waals surface area contributed by atoms with Crippen LogP contribution in [0.1, 0.15) is 56.8 Å². The fourth-order valence-corrected chi connectivity index (χ4v) is 5.04. The van der Waals surface area contributed by atoms with Crippen molar-refractivity contribution in [3.8, 4) is 0 Å². The first-order chi connectivity index (χ1) is 17.4. The lowest BCUT2D eigenvalue weighted by Crippen LogP contribution is -2.33. The van der Waals surface area contributed by atoms with E-state index in [2.05, 4.69) is 5.32 Å². The van der Waals surface area contributed by atoms with E-state index in [1.54, 1.807) is 18.7 Å². The molecule has 7 heteroatoms. The Bertz CT molecular complexity index is 1130. The van der Waals surface area contributed by atoms with Crippen molar-refractivity contribution in [2.75, 3.05) is 26.6 Å². The number of carbonyl (C=O) groups excluding carboxylic acids is 2. The molecule has 1 N–H and O–H groups in total. The molecular weight excluding hydrogens is 474 g/mol. The summed E-state index contributed by atoms with van der Waals surface area (Å²) >= 11 is 1.60.